The third-order valence-electron chi connectivity index (χ3n) is 3.05. The first-order chi connectivity index (χ1) is 10.0. The number of rotatable bonds is 6. The Bertz CT molecular complexity index is 599. The van der Waals surface area contributed by atoms with Crippen molar-refractivity contribution < 1.29 is 4.74 Å². The Balaban J connectivity index is 2.05. The van der Waals surface area contributed by atoms with Crippen LogP contribution in [0.1, 0.15) is 25.0 Å². The van der Waals surface area contributed by atoms with Crippen LogP contribution >= 0.6 is 15.9 Å². The van der Waals surface area contributed by atoms with Gasteiger partial charge in [0.15, 0.2) is 0 Å². The second-order valence-corrected chi connectivity index (χ2v) is 6.45. The molecule has 0 aliphatic rings. The summed E-state index contributed by atoms with van der Waals surface area (Å²) in [6, 6.07) is 9.97. The van der Waals surface area contributed by atoms with Crippen molar-refractivity contribution >= 4 is 15.9 Å². The first-order valence-electron chi connectivity index (χ1n) is 7.14. The lowest BCUT2D eigenvalue weighted by Gasteiger charge is -2.10. The molecule has 0 atom stereocenters. The summed E-state index contributed by atoms with van der Waals surface area (Å²) >= 11 is 3.46. The van der Waals surface area contributed by atoms with Crippen molar-refractivity contribution in [1.82, 2.24) is 10.3 Å². The lowest BCUT2D eigenvalue weighted by atomic mass is 10.2. The predicted octanol–water partition coefficient (Wildman–Crippen LogP) is 4.69. The third kappa shape index (κ3) is 5.14. The van der Waals surface area contributed by atoms with E-state index in [1.54, 1.807) is 6.20 Å². The second kappa shape index (κ2) is 7.57. The summed E-state index contributed by atoms with van der Waals surface area (Å²) in [4.78, 5) is 4.28. The minimum atomic E-state index is 0.625. The van der Waals surface area contributed by atoms with Gasteiger partial charge < -0.3 is 10.1 Å². The van der Waals surface area contributed by atoms with Gasteiger partial charge in [0.25, 0.3) is 0 Å². The topological polar surface area (TPSA) is 34.1 Å². The van der Waals surface area contributed by atoms with E-state index in [0.717, 1.165) is 28.9 Å². The molecule has 0 spiro atoms. The number of hydrogen-bond acceptors (Lipinski definition) is 3. The summed E-state index contributed by atoms with van der Waals surface area (Å²) in [5.41, 5.74) is 2.26. The van der Waals surface area contributed by atoms with E-state index in [0.29, 0.717) is 11.8 Å². The zero-order chi connectivity index (χ0) is 15.2. The summed E-state index contributed by atoms with van der Waals surface area (Å²) in [5.74, 6) is 2.09. The highest BCUT2D eigenvalue weighted by Crippen LogP contribution is 2.27. The molecular formula is C17H21BrN2O. The number of pyridine rings is 1. The molecule has 112 valence electrons. The van der Waals surface area contributed by atoms with Gasteiger partial charge in [-0.15, -0.1) is 0 Å². The summed E-state index contributed by atoms with van der Waals surface area (Å²) in [6.07, 6.45) is 1.79. The van der Waals surface area contributed by atoms with Crippen molar-refractivity contribution in [3.63, 3.8) is 0 Å². The molecule has 0 aliphatic carbocycles. The molecule has 3 nitrogen and oxygen atoms in total. The molecule has 0 radical (unpaired) electrons. The van der Waals surface area contributed by atoms with E-state index in [9.17, 15) is 0 Å². The van der Waals surface area contributed by atoms with E-state index in [4.69, 9.17) is 4.74 Å². The van der Waals surface area contributed by atoms with Crippen LogP contribution in [0.25, 0.3) is 0 Å². The molecule has 0 unspecified atom stereocenters. The summed E-state index contributed by atoms with van der Waals surface area (Å²) in [7, 11) is 0. The van der Waals surface area contributed by atoms with Gasteiger partial charge in [-0.1, -0.05) is 35.8 Å². The second-order valence-electron chi connectivity index (χ2n) is 5.54. The Kier molecular flexibility index (Phi) is 5.76. The number of benzene rings is 1. The van der Waals surface area contributed by atoms with Crippen molar-refractivity contribution in [2.75, 3.05) is 6.54 Å². The first-order valence-corrected chi connectivity index (χ1v) is 7.93. The highest BCUT2D eigenvalue weighted by molar-refractivity contribution is 9.10. The summed E-state index contributed by atoms with van der Waals surface area (Å²) < 4.78 is 6.89. The SMILES string of the molecule is Cc1ccc(Br)cc1Oc1cc(CNCC(C)C)ccn1. The van der Waals surface area contributed by atoms with Gasteiger partial charge in [0, 0.05) is 23.3 Å². The number of nitrogens with zero attached hydrogens (tertiary/aromatic N) is 1. The van der Waals surface area contributed by atoms with Crippen LogP contribution in [-0.2, 0) is 6.54 Å². The van der Waals surface area contributed by atoms with Gasteiger partial charge in [-0.2, -0.15) is 0 Å². The fourth-order valence-corrected chi connectivity index (χ4v) is 2.26. The average molecular weight is 349 g/mol. The van der Waals surface area contributed by atoms with E-state index in [1.165, 1.54) is 5.56 Å². The van der Waals surface area contributed by atoms with Crippen molar-refractivity contribution in [3.05, 3.63) is 52.1 Å². The van der Waals surface area contributed by atoms with Crippen molar-refractivity contribution in [3.8, 4) is 11.6 Å². The normalized spacial score (nSPS) is 10.9. The van der Waals surface area contributed by atoms with Gasteiger partial charge in [-0.05, 0) is 48.7 Å². The molecule has 1 heterocycles. The maximum atomic E-state index is 5.89. The van der Waals surface area contributed by atoms with Crippen LogP contribution in [0.15, 0.2) is 41.0 Å². The lowest BCUT2D eigenvalue weighted by Crippen LogP contribution is -2.18. The van der Waals surface area contributed by atoms with Crippen LogP contribution in [-0.4, -0.2) is 11.5 Å². The minimum Gasteiger partial charge on any atom is -0.439 e. The molecule has 1 aromatic heterocycles. The first kappa shape index (κ1) is 16.0. The zero-order valence-electron chi connectivity index (χ0n) is 12.7. The standard InChI is InChI=1S/C17H21BrN2O/c1-12(2)10-19-11-14-6-7-20-17(8-14)21-16-9-15(18)5-4-13(16)3/h4-9,12,19H,10-11H2,1-3H3. The highest BCUT2D eigenvalue weighted by atomic mass is 79.9. The van der Waals surface area contributed by atoms with Crippen molar-refractivity contribution in [2.24, 2.45) is 5.92 Å². The van der Waals surface area contributed by atoms with Gasteiger partial charge in [-0.3, -0.25) is 0 Å². The van der Waals surface area contributed by atoms with Crippen LogP contribution in [0.5, 0.6) is 11.6 Å². The van der Waals surface area contributed by atoms with E-state index in [1.807, 2.05) is 37.3 Å². The van der Waals surface area contributed by atoms with Crippen LogP contribution in [0.4, 0.5) is 0 Å². The Morgan fingerprint density at radius 3 is 2.81 bits per heavy atom. The average Bonchev–Trinajstić information content (AvgIpc) is 2.43. The smallest absolute Gasteiger partial charge is 0.219 e. The third-order valence-corrected chi connectivity index (χ3v) is 3.54. The molecule has 1 N–H and O–H groups in total. The van der Waals surface area contributed by atoms with Gasteiger partial charge in [0.1, 0.15) is 5.75 Å². The van der Waals surface area contributed by atoms with Crippen molar-refractivity contribution in [1.29, 1.82) is 0 Å². The molecule has 2 aromatic rings. The molecular weight excluding hydrogens is 328 g/mol. The van der Waals surface area contributed by atoms with Crippen LogP contribution in [0, 0.1) is 12.8 Å². The summed E-state index contributed by atoms with van der Waals surface area (Å²) in [5, 5.41) is 3.42. The molecule has 0 saturated carbocycles. The zero-order valence-corrected chi connectivity index (χ0v) is 14.3. The van der Waals surface area contributed by atoms with E-state index < -0.39 is 0 Å². The molecule has 2 rings (SSSR count). The number of ether oxygens (including phenoxy) is 1. The number of hydrogen-bond donors (Lipinski definition) is 1. The van der Waals surface area contributed by atoms with Crippen LogP contribution < -0.4 is 10.1 Å². The van der Waals surface area contributed by atoms with E-state index in [-0.39, 0.29) is 0 Å². The molecule has 1 aromatic carbocycles. The summed E-state index contributed by atoms with van der Waals surface area (Å²) in [6.45, 7) is 8.25. The lowest BCUT2D eigenvalue weighted by molar-refractivity contribution is 0.457. The number of aromatic nitrogens is 1. The molecule has 0 bridgehead atoms. The number of halogens is 1. The fraction of sp³-hybridized carbons (Fsp3) is 0.353. The van der Waals surface area contributed by atoms with Crippen LogP contribution in [0.2, 0.25) is 0 Å². The van der Waals surface area contributed by atoms with Gasteiger partial charge in [0.2, 0.25) is 5.88 Å². The highest BCUT2D eigenvalue weighted by Gasteiger charge is 2.04. The van der Waals surface area contributed by atoms with E-state index >= 15 is 0 Å². The van der Waals surface area contributed by atoms with E-state index in [2.05, 4.69) is 40.1 Å². The van der Waals surface area contributed by atoms with Gasteiger partial charge >= 0.3 is 0 Å². The predicted molar refractivity (Wildman–Crippen MR) is 89.7 cm³/mol. The molecule has 0 aliphatic heterocycles. The maximum Gasteiger partial charge on any atom is 0.219 e. The number of aryl methyl sites for hydroxylation is 1. The largest absolute Gasteiger partial charge is 0.439 e. The molecule has 0 fully saturated rings. The Labute approximate surface area is 134 Å². The fourth-order valence-electron chi connectivity index (χ4n) is 1.92. The molecule has 0 amide bonds. The molecule has 21 heavy (non-hydrogen) atoms. The molecule has 0 saturated heterocycles. The Morgan fingerprint density at radius 1 is 1.24 bits per heavy atom. The maximum absolute atomic E-state index is 5.89. The quantitative estimate of drug-likeness (QED) is 0.822. The monoisotopic (exact) mass is 348 g/mol. The Hall–Kier alpha value is -1.39. The number of nitrogens with one attached hydrogen (secondary N) is 1. The van der Waals surface area contributed by atoms with Crippen LogP contribution in [0.3, 0.4) is 0 Å². The van der Waals surface area contributed by atoms with Gasteiger partial charge in [0.05, 0.1) is 0 Å². The Morgan fingerprint density at radius 2 is 2.05 bits per heavy atom. The van der Waals surface area contributed by atoms with Gasteiger partial charge in [-0.25, -0.2) is 4.98 Å². The molecule has 4 heteroatoms. The van der Waals surface area contributed by atoms with Crippen molar-refractivity contribution in [2.45, 2.75) is 27.3 Å². The minimum absolute atomic E-state index is 0.625.